The number of anilines is 1. The Morgan fingerprint density at radius 2 is 1.63 bits per heavy atom. The number of halogens is 2. The second-order valence-corrected chi connectivity index (χ2v) is 6.90. The Labute approximate surface area is 121 Å². The van der Waals surface area contributed by atoms with E-state index in [9.17, 15) is 8.42 Å². The lowest BCUT2D eigenvalue weighted by Crippen LogP contribution is -2.05. The molecule has 0 aliphatic heterocycles. The van der Waals surface area contributed by atoms with E-state index in [1.807, 2.05) is 0 Å². The fraction of sp³-hybridized carbons (Fsp3) is 0.0769. The van der Waals surface area contributed by atoms with Crippen molar-refractivity contribution < 1.29 is 8.42 Å². The molecular weight excluding hydrogens is 305 g/mol. The van der Waals surface area contributed by atoms with Gasteiger partial charge in [0.05, 0.1) is 10.6 Å². The summed E-state index contributed by atoms with van der Waals surface area (Å²) in [6, 6.07) is 10.8. The van der Waals surface area contributed by atoms with Gasteiger partial charge in [-0.15, -0.1) is 0 Å². The highest BCUT2D eigenvalue weighted by molar-refractivity contribution is 7.90. The number of hydrogen-bond donors (Lipinski definition) is 1. The van der Waals surface area contributed by atoms with Gasteiger partial charge in [-0.3, -0.25) is 0 Å². The van der Waals surface area contributed by atoms with Crippen molar-refractivity contribution in [1.82, 2.24) is 0 Å². The minimum absolute atomic E-state index is 0.198. The second kappa shape index (κ2) is 5.41. The van der Waals surface area contributed by atoms with Crippen molar-refractivity contribution in [2.45, 2.75) is 10.6 Å². The van der Waals surface area contributed by atoms with E-state index in [2.05, 4.69) is 0 Å². The fourth-order valence-corrected chi connectivity index (χ4v) is 3.44. The molecule has 0 aromatic heterocycles. The summed E-state index contributed by atoms with van der Waals surface area (Å²) in [4.78, 5) is 0.206. The van der Waals surface area contributed by atoms with Gasteiger partial charge in [-0.1, -0.05) is 23.2 Å². The quantitative estimate of drug-likeness (QED) is 0.881. The molecule has 0 heterocycles. The Kier molecular flexibility index (Phi) is 4.04. The smallest absolute Gasteiger partial charge is 0.182 e. The third kappa shape index (κ3) is 3.41. The first-order valence-electron chi connectivity index (χ1n) is 5.41. The molecule has 0 saturated heterocycles. The molecule has 0 unspecified atom stereocenters. The maximum Gasteiger partial charge on any atom is 0.182 e. The highest BCUT2D eigenvalue weighted by Gasteiger charge is 2.17. The maximum atomic E-state index is 12.2. The van der Waals surface area contributed by atoms with E-state index in [0.29, 0.717) is 21.3 Å². The molecule has 0 atom stereocenters. The maximum absolute atomic E-state index is 12.2. The van der Waals surface area contributed by atoms with Gasteiger partial charge in [0, 0.05) is 15.7 Å². The number of benzene rings is 2. The molecule has 100 valence electrons. The van der Waals surface area contributed by atoms with Crippen molar-refractivity contribution in [2.75, 3.05) is 5.73 Å². The van der Waals surface area contributed by atoms with Crippen molar-refractivity contribution in [1.29, 1.82) is 0 Å². The molecule has 0 spiro atoms. The third-order valence-electron chi connectivity index (χ3n) is 2.59. The van der Waals surface area contributed by atoms with E-state index in [4.69, 9.17) is 28.9 Å². The Morgan fingerprint density at radius 3 is 2.26 bits per heavy atom. The van der Waals surface area contributed by atoms with Crippen LogP contribution in [0.2, 0.25) is 10.0 Å². The summed E-state index contributed by atoms with van der Waals surface area (Å²) in [5.41, 5.74) is 6.52. The van der Waals surface area contributed by atoms with Gasteiger partial charge in [-0.05, 0) is 48.0 Å². The van der Waals surface area contributed by atoms with Crippen LogP contribution in [0.15, 0.2) is 47.4 Å². The molecule has 0 radical (unpaired) electrons. The average molecular weight is 316 g/mol. The molecule has 0 fully saturated rings. The molecule has 0 aliphatic carbocycles. The number of rotatable bonds is 3. The Hall–Kier alpha value is -1.23. The van der Waals surface area contributed by atoms with Crippen LogP contribution >= 0.6 is 23.2 Å². The standard InChI is InChI=1S/C13H11Cl2NO2S/c14-10-1-6-13(15)9(7-10)8-19(17,18)12-4-2-11(16)3-5-12/h1-7H,8,16H2. The van der Waals surface area contributed by atoms with Crippen molar-refractivity contribution >= 4 is 38.7 Å². The fourth-order valence-electron chi connectivity index (χ4n) is 1.62. The van der Waals surface area contributed by atoms with Crippen LogP contribution in [0.3, 0.4) is 0 Å². The van der Waals surface area contributed by atoms with Crippen LogP contribution in [-0.4, -0.2) is 8.42 Å². The molecular formula is C13H11Cl2NO2S. The first-order valence-corrected chi connectivity index (χ1v) is 7.81. The van der Waals surface area contributed by atoms with Gasteiger partial charge >= 0.3 is 0 Å². The SMILES string of the molecule is Nc1ccc(S(=O)(=O)Cc2cc(Cl)ccc2Cl)cc1. The van der Waals surface area contributed by atoms with Gasteiger partial charge in [-0.25, -0.2) is 8.42 Å². The lowest BCUT2D eigenvalue weighted by atomic mass is 10.2. The lowest BCUT2D eigenvalue weighted by molar-refractivity contribution is 0.595. The van der Waals surface area contributed by atoms with E-state index >= 15 is 0 Å². The van der Waals surface area contributed by atoms with Crippen LogP contribution in [0.1, 0.15) is 5.56 Å². The van der Waals surface area contributed by atoms with Gasteiger partial charge in [-0.2, -0.15) is 0 Å². The van der Waals surface area contributed by atoms with Gasteiger partial charge in [0.15, 0.2) is 9.84 Å². The molecule has 2 N–H and O–H groups in total. The van der Waals surface area contributed by atoms with Crippen LogP contribution in [0.25, 0.3) is 0 Å². The molecule has 6 heteroatoms. The van der Waals surface area contributed by atoms with Gasteiger partial charge < -0.3 is 5.73 Å². The highest BCUT2D eigenvalue weighted by atomic mass is 35.5. The van der Waals surface area contributed by atoms with Crippen molar-refractivity contribution in [2.24, 2.45) is 0 Å². The normalized spacial score (nSPS) is 11.5. The molecule has 19 heavy (non-hydrogen) atoms. The van der Waals surface area contributed by atoms with Crippen molar-refractivity contribution in [3.63, 3.8) is 0 Å². The zero-order chi connectivity index (χ0) is 14.0. The molecule has 0 aliphatic rings. The minimum Gasteiger partial charge on any atom is -0.399 e. The summed E-state index contributed by atoms with van der Waals surface area (Å²) < 4.78 is 24.5. The molecule has 0 amide bonds. The monoisotopic (exact) mass is 315 g/mol. The summed E-state index contributed by atoms with van der Waals surface area (Å²) >= 11 is 11.8. The summed E-state index contributed by atoms with van der Waals surface area (Å²) in [5.74, 6) is -0.198. The molecule has 2 aromatic rings. The number of nitrogens with two attached hydrogens (primary N) is 1. The molecule has 2 rings (SSSR count). The molecule has 2 aromatic carbocycles. The van der Waals surface area contributed by atoms with E-state index in [1.54, 1.807) is 30.3 Å². The van der Waals surface area contributed by atoms with Crippen LogP contribution in [0.5, 0.6) is 0 Å². The topological polar surface area (TPSA) is 60.2 Å². The first-order chi connectivity index (χ1) is 8.88. The number of nitrogen functional groups attached to an aromatic ring is 1. The largest absolute Gasteiger partial charge is 0.399 e. The molecule has 0 saturated carbocycles. The van der Waals surface area contributed by atoms with Gasteiger partial charge in [0.1, 0.15) is 0 Å². The van der Waals surface area contributed by atoms with E-state index in [0.717, 1.165) is 0 Å². The highest BCUT2D eigenvalue weighted by Crippen LogP contribution is 2.25. The summed E-state index contributed by atoms with van der Waals surface area (Å²) in [5, 5.41) is 0.829. The van der Waals surface area contributed by atoms with Crippen LogP contribution in [0, 0.1) is 0 Å². The zero-order valence-electron chi connectivity index (χ0n) is 9.81. The van der Waals surface area contributed by atoms with Crippen LogP contribution in [-0.2, 0) is 15.6 Å². The van der Waals surface area contributed by atoms with Crippen molar-refractivity contribution in [3.05, 3.63) is 58.1 Å². The van der Waals surface area contributed by atoms with Crippen LogP contribution < -0.4 is 5.73 Å². The number of sulfone groups is 1. The summed E-state index contributed by atoms with van der Waals surface area (Å²) in [7, 11) is -3.47. The Bertz CT molecular complexity index is 697. The van der Waals surface area contributed by atoms with E-state index in [1.165, 1.54) is 12.1 Å². The van der Waals surface area contributed by atoms with E-state index < -0.39 is 9.84 Å². The second-order valence-electron chi connectivity index (χ2n) is 4.06. The van der Waals surface area contributed by atoms with Crippen LogP contribution in [0.4, 0.5) is 5.69 Å². The van der Waals surface area contributed by atoms with Gasteiger partial charge in [0.2, 0.25) is 0 Å². The van der Waals surface area contributed by atoms with Crippen molar-refractivity contribution in [3.8, 4) is 0 Å². The zero-order valence-corrected chi connectivity index (χ0v) is 12.1. The first kappa shape index (κ1) is 14.2. The summed E-state index contributed by atoms with van der Waals surface area (Å²) in [6.07, 6.45) is 0. The third-order valence-corrected chi connectivity index (χ3v) is 4.88. The molecule has 0 bridgehead atoms. The predicted molar refractivity (Wildman–Crippen MR) is 78.2 cm³/mol. The summed E-state index contributed by atoms with van der Waals surface area (Å²) in [6.45, 7) is 0. The number of hydrogen-bond acceptors (Lipinski definition) is 3. The predicted octanol–water partition coefficient (Wildman–Crippen LogP) is 3.55. The van der Waals surface area contributed by atoms with Gasteiger partial charge in [0.25, 0.3) is 0 Å². The average Bonchev–Trinajstić information content (AvgIpc) is 2.34. The lowest BCUT2D eigenvalue weighted by Gasteiger charge is -2.07. The minimum atomic E-state index is -3.47. The molecule has 3 nitrogen and oxygen atoms in total. The Morgan fingerprint density at radius 1 is 1.00 bits per heavy atom. The Balaban J connectivity index is 2.36. The van der Waals surface area contributed by atoms with E-state index in [-0.39, 0.29) is 10.6 Å².